The topological polar surface area (TPSA) is 59.5 Å². The van der Waals surface area contributed by atoms with Gasteiger partial charge in [-0.1, -0.05) is 34.1 Å². The molecular weight excluding hydrogens is 412 g/mol. The molecule has 1 aliphatic rings. The Morgan fingerprint density at radius 1 is 1.17 bits per heavy atom. The van der Waals surface area contributed by atoms with Gasteiger partial charge in [0.1, 0.15) is 4.90 Å². The zero-order chi connectivity index (χ0) is 17.0. The van der Waals surface area contributed by atoms with E-state index in [0.717, 1.165) is 15.3 Å². The van der Waals surface area contributed by atoms with E-state index in [1.54, 1.807) is 23.9 Å². The minimum atomic E-state index is -3.48. The fourth-order valence-corrected chi connectivity index (χ4v) is 5.12. The van der Waals surface area contributed by atoms with Crippen LogP contribution in [0.25, 0.3) is 0 Å². The third-order valence-corrected chi connectivity index (χ3v) is 7.30. The van der Waals surface area contributed by atoms with E-state index in [4.69, 9.17) is 4.74 Å². The van der Waals surface area contributed by atoms with Gasteiger partial charge in [0.05, 0.1) is 18.2 Å². The number of morpholine rings is 1. The van der Waals surface area contributed by atoms with Gasteiger partial charge in [-0.15, -0.1) is 11.8 Å². The van der Waals surface area contributed by atoms with Crippen molar-refractivity contribution in [3.8, 4) is 0 Å². The minimum absolute atomic E-state index is 0.231. The zero-order valence-electron chi connectivity index (χ0n) is 12.9. The fraction of sp³-hybridized carbons (Fsp3) is 0.312. The number of thioether (sulfide) groups is 1. The van der Waals surface area contributed by atoms with Crippen LogP contribution in [0.2, 0.25) is 0 Å². The van der Waals surface area contributed by atoms with Gasteiger partial charge in [0, 0.05) is 29.5 Å². The number of benzene rings is 1. The first-order valence-corrected chi connectivity index (χ1v) is 10.7. The van der Waals surface area contributed by atoms with Crippen LogP contribution in [0.3, 0.4) is 0 Å². The second kappa shape index (κ2) is 7.97. The van der Waals surface area contributed by atoms with Gasteiger partial charge in [-0.05, 0) is 23.8 Å². The Morgan fingerprint density at radius 3 is 2.58 bits per heavy atom. The molecule has 0 saturated carbocycles. The minimum Gasteiger partial charge on any atom is -0.379 e. The van der Waals surface area contributed by atoms with Crippen molar-refractivity contribution in [1.82, 2.24) is 9.29 Å². The first-order chi connectivity index (χ1) is 11.6. The first-order valence-electron chi connectivity index (χ1n) is 7.47. The number of rotatable bonds is 5. The second-order valence-electron chi connectivity index (χ2n) is 5.23. The van der Waals surface area contributed by atoms with E-state index >= 15 is 0 Å². The lowest BCUT2D eigenvalue weighted by Crippen LogP contribution is -2.40. The number of ether oxygens (including phenoxy) is 1. The summed E-state index contributed by atoms with van der Waals surface area (Å²) in [6.07, 6.45) is 1.44. The smallest absolute Gasteiger partial charge is 0.244 e. The van der Waals surface area contributed by atoms with Crippen molar-refractivity contribution in [3.05, 3.63) is 52.6 Å². The molecule has 1 aliphatic heterocycles. The molecule has 0 N–H and O–H groups in total. The van der Waals surface area contributed by atoms with Crippen LogP contribution in [0.15, 0.2) is 57.0 Å². The second-order valence-corrected chi connectivity index (χ2v) is 9.02. The highest BCUT2D eigenvalue weighted by Crippen LogP contribution is 2.26. The fourth-order valence-electron chi connectivity index (χ4n) is 2.31. The molecule has 128 valence electrons. The van der Waals surface area contributed by atoms with Crippen LogP contribution in [0, 0.1) is 0 Å². The maximum atomic E-state index is 12.5. The third kappa shape index (κ3) is 4.18. The molecule has 2 aromatic rings. The number of aromatic nitrogens is 1. The Labute approximate surface area is 154 Å². The summed E-state index contributed by atoms with van der Waals surface area (Å²) in [5.41, 5.74) is 1.18. The molecule has 0 aliphatic carbocycles. The number of sulfonamides is 1. The van der Waals surface area contributed by atoms with Crippen molar-refractivity contribution < 1.29 is 13.2 Å². The summed E-state index contributed by atoms with van der Waals surface area (Å²) in [6, 6.07) is 11.4. The molecule has 0 spiro atoms. The first kappa shape index (κ1) is 17.9. The average Bonchev–Trinajstić information content (AvgIpc) is 2.62. The van der Waals surface area contributed by atoms with E-state index in [-0.39, 0.29) is 4.90 Å². The van der Waals surface area contributed by atoms with Crippen LogP contribution >= 0.6 is 27.7 Å². The molecule has 1 aromatic heterocycles. The zero-order valence-corrected chi connectivity index (χ0v) is 16.1. The van der Waals surface area contributed by atoms with Crippen LogP contribution in [0.4, 0.5) is 0 Å². The predicted octanol–water partition coefficient (Wildman–Crippen LogP) is 3.16. The van der Waals surface area contributed by atoms with Crippen LogP contribution in [-0.4, -0.2) is 44.0 Å². The SMILES string of the molecule is O=S(=O)(c1ccc(SCc2ccccc2Br)nc1)N1CCOCC1. The number of halogens is 1. The third-order valence-electron chi connectivity index (χ3n) is 3.65. The van der Waals surface area contributed by atoms with E-state index in [0.29, 0.717) is 26.3 Å². The van der Waals surface area contributed by atoms with Crippen LogP contribution in [-0.2, 0) is 20.5 Å². The van der Waals surface area contributed by atoms with Crippen LogP contribution in [0.5, 0.6) is 0 Å². The molecule has 5 nitrogen and oxygen atoms in total. The van der Waals surface area contributed by atoms with Gasteiger partial charge in [-0.2, -0.15) is 4.31 Å². The predicted molar refractivity (Wildman–Crippen MR) is 97.5 cm³/mol. The summed E-state index contributed by atoms with van der Waals surface area (Å²) < 4.78 is 32.8. The standard InChI is InChI=1S/C16H17BrN2O3S2/c17-15-4-2-1-3-13(15)12-23-16-6-5-14(11-18-16)24(20,21)19-7-9-22-10-8-19/h1-6,11H,7-10,12H2. The molecule has 3 rings (SSSR count). The molecule has 24 heavy (non-hydrogen) atoms. The van der Waals surface area contributed by atoms with Crippen LogP contribution in [0.1, 0.15) is 5.56 Å². The van der Waals surface area contributed by atoms with Crippen LogP contribution < -0.4 is 0 Å². The van der Waals surface area contributed by atoms with Crippen molar-refractivity contribution in [3.63, 3.8) is 0 Å². The quantitative estimate of drug-likeness (QED) is 0.684. The molecular formula is C16H17BrN2O3S2. The average molecular weight is 429 g/mol. The van der Waals surface area contributed by atoms with Gasteiger partial charge in [0.25, 0.3) is 0 Å². The van der Waals surface area contributed by atoms with Gasteiger partial charge >= 0.3 is 0 Å². The van der Waals surface area contributed by atoms with Gasteiger partial charge in [-0.25, -0.2) is 13.4 Å². The summed E-state index contributed by atoms with van der Waals surface area (Å²) in [5.74, 6) is 0.768. The normalized spacial score (nSPS) is 16.2. The number of hydrogen-bond donors (Lipinski definition) is 0. The number of nitrogens with zero attached hydrogens (tertiary/aromatic N) is 2. The Kier molecular flexibility index (Phi) is 5.93. The number of hydrogen-bond acceptors (Lipinski definition) is 5. The highest BCUT2D eigenvalue weighted by atomic mass is 79.9. The van der Waals surface area contributed by atoms with Crippen molar-refractivity contribution in [2.75, 3.05) is 26.3 Å². The van der Waals surface area contributed by atoms with Gasteiger partial charge in [-0.3, -0.25) is 0 Å². The Hall–Kier alpha value is -0.930. The lowest BCUT2D eigenvalue weighted by Gasteiger charge is -2.25. The van der Waals surface area contributed by atoms with Crippen molar-refractivity contribution in [2.45, 2.75) is 15.7 Å². The lowest BCUT2D eigenvalue weighted by atomic mass is 10.2. The summed E-state index contributed by atoms with van der Waals surface area (Å²) in [5, 5.41) is 0.798. The van der Waals surface area contributed by atoms with E-state index < -0.39 is 10.0 Å². The molecule has 0 radical (unpaired) electrons. The van der Waals surface area contributed by atoms with Gasteiger partial charge in [0.15, 0.2) is 0 Å². The van der Waals surface area contributed by atoms with Crippen molar-refractivity contribution in [2.24, 2.45) is 0 Å². The highest BCUT2D eigenvalue weighted by Gasteiger charge is 2.26. The Morgan fingerprint density at radius 2 is 1.92 bits per heavy atom. The van der Waals surface area contributed by atoms with Crippen molar-refractivity contribution >= 4 is 37.7 Å². The van der Waals surface area contributed by atoms with E-state index in [9.17, 15) is 8.42 Å². The Balaban J connectivity index is 1.68. The Bertz CT molecular complexity index is 791. The largest absolute Gasteiger partial charge is 0.379 e. The maximum Gasteiger partial charge on any atom is 0.244 e. The van der Waals surface area contributed by atoms with Crippen molar-refractivity contribution in [1.29, 1.82) is 0 Å². The summed E-state index contributed by atoms with van der Waals surface area (Å²) in [7, 11) is -3.48. The molecule has 0 atom stereocenters. The summed E-state index contributed by atoms with van der Waals surface area (Å²) in [6.45, 7) is 1.65. The van der Waals surface area contributed by atoms with Gasteiger partial charge in [0.2, 0.25) is 10.0 Å². The molecule has 1 saturated heterocycles. The van der Waals surface area contributed by atoms with Gasteiger partial charge < -0.3 is 4.74 Å². The molecule has 2 heterocycles. The van der Waals surface area contributed by atoms with E-state index in [1.165, 1.54) is 16.1 Å². The van der Waals surface area contributed by atoms with E-state index in [2.05, 4.69) is 20.9 Å². The number of pyridine rings is 1. The molecule has 0 unspecified atom stereocenters. The lowest BCUT2D eigenvalue weighted by molar-refractivity contribution is 0.0730. The molecule has 1 fully saturated rings. The monoisotopic (exact) mass is 428 g/mol. The van der Waals surface area contributed by atoms with E-state index in [1.807, 2.05) is 24.3 Å². The molecule has 0 amide bonds. The molecule has 1 aromatic carbocycles. The summed E-state index contributed by atoms with van der Waals surface area (Å²) in [4.78, 5) is 4.53. The molecule has 0 bridgehead atoms. The highest BCUT2D eigenvalue weighted by molar-refractivity contribution is 9.10. The molecule has 8 heteroatoms. The maximum absolute atomic E-state index is 12.5. The summed E-state index contributed by atoms with van der Waals surface area (Å²) >= 11 is 5.10.